The Kier molecular flexibility index (Phi) is 3.55. The molecule has 1 aliphatic carbocycles. The molecule has 2 aliphatic rings. The zero-order chi connectivity index (χ0) is 16.7. The number of nitrogens with zero attached hydrogens (tertiary/aromatic N) is 2. The van der Waals surface area contributed by atoms with Gasteiger partial charge in [0.05, 0.1) is 12.3 Å². The number of ether oxygens (including phenoxy) is 2. The average Bonchev–Trinajstić information content (AvgIpc) is 3.26. The van der Waals surface area contributed by atoms with E-state index in [0.29, 0.717) is 12.1 Å². The SMILES string of the molecule is O=C(O[C@H]1CCOC1=O)c1nn(-c2ccc(F)cc2)c2c1CCC2. The number of carbonyl (C=O) groups excluding carboxylic acids is 2. The molecule has 1 aliphatic heterocycles. The number of halogens is 1. The van der Waals surface area contributed by atoms with Crippen LogP contribution in [0.4, 0.5) is 4.39 Å². The summed E-state index contributed by atoms with van der Waals surface area (Å²) in [6, 6.07) is 5.94. The van der Waals surface area contributed by atoms with E-state index in [-0.39, 0.29) is 18.1 Å². The number of benzene rings is 1. The fourth-order valence-corrected chi connectivity index (χ4v) is 3.17. The zero-order valence-corrected chi connectivity index (χ0v) is 12.8. The van der Waals surface area contributed by atoms with E-state index in [4.69, 9.17) is 9.47 Å². The molecule has 0 saturated carbocycles. The maximum Gasteiger partial charge on any atom is 0.360 e. The van der Waals surface area contributed by atoms with Gasteiger partial charge in [0.15, 0.2) is 5.69 Å². The van der Waals surface area contributed by atoms with E-state index >= 15 is 0 Å². The van der Waals surface area contributed by atoms with Gasteiger partial charge in [-0.15, -0.1) is 0 Å². The van der Waals surface area contributed by atoms with Crippen LogP contribution in [-0.2, 0) is 27.1 Å². The van der Waals surface area contributed by atoms with Crippen LogP contribution in [-0.4, -0.2) is 34.4 Å². The molecule has 1 saturated heterocycles. The van der Waals surface area contributed by atoms with Crippen LogP contribution in [0.25, 0.3) is 5.69 Å². The van der Waals surface area contributed by atoms with Crippen molar-refractivity contribution >= 4 is 11.9 Å². The third-order valence-electron chi connectivity index (χ3n) is 4.33. The van der Waals surface area contributed by atoms with Gasteiger partial charge in [-0.1, -0.05) is 0 Å². The van der Waals surface area contributed by atoms with E-state index in [1.165, 1.54) is 12.1 Å². The Labute approximate surface area is 137 Å². The summed E-state index contributed by atoms with van der Waals surface area (Å²) in [4.78, 5) is 23.9. The highest BCUT2D eigenvalue weighted by Gasteiger charge is 2.34. The predicted octanol–water partition coefficient (Wildman–Crippen LogP) is 1.97. The molecule has 0 radical (unpaired) electrons. The molecule has 1 fully saturated rings. The minimum absolute atomic E-state index is 0.228. The molecular formula is C17H15FN2O4. The van der Waals surface area contributed by atoms with Crippen LogP contribution in [0.1, 0.15) is 34.6 Å². The third kappa shape index (κ3) is 2.46. The van der Waals surface area contributed by atoms with E-state index in [2.05, 4.69) is 5.10 Å². The van der Waals surface area contributed by atoms with Gasteiger partial charge < -0.3 is 9.47 Å². The topological polar surface area (TPSA) is 70.4 Å². The van der Waals surface area contributed by atoms with Crippen LogP contribution in [0.3, 0.4) is 0 Å². The van der Waals surface area contributed by atoms with Gasteiger partial charge in [-0.2, -0.15) is 5.10 Å². The van der Waals surface area contributed by atoms with Gasteiger partial charge in [-0.05, 0) is 43.5 Å². The van der Waals surface area contributed by atoms with E-state index in [9.17, 15) is 14.0 Å². The van der Waals surface area contributed by atoms with Crippen LogP contribution in [0.5, 0.6) is 0 Å². The third-order valence-corrected chi connectivity index (χ3v) is 4.33. The van der Waals surface area contributed by atoms with Gasteiger partial charge in [0.1, 0.15) is 5.82 Å². The summed E-state index contributed by atoms with van der Waals surface area (Å²) in [7, 11) is 0. The van der Waals surface area contributed by atoms with Gasteiger partial charge in [0.2, 0.25) is 6.10 Å². The molecule has 24 heavy (non-hydrogen) atoms. The standard InChI is InChI=1S/C17H15FN2O4/c18-10-4-6-11(7-5-10)20-13-3-1-2-12(13)15(19-20)17(22)24-14-8-9-23-16(14)21/h4-7,14H,1-3,8-9H2/t14-/m0/s1. The minimum Gasteiger partial charge on any atom is -0.463 e. The summed E-state index contributed by atoms with van der Waals surface area (Å²) in [5.41, 5.74) is 2.69. The Morgan fingerprint density at radius 3 is 2.79 bits per heavy atom. The molecule has 2 aromatic rings. The van der Waals surface area contributed by atoms with Crippen LogP contribution in [0, 0.1) is 5.82 Å². The fourth-order valence-electron chi connectivity index (χ4n) is 3.17. The smallest absolute Gasteiger partial charge is 0.360 e. The molecule has 1 aromatic heterocycles. The number of carbonyl (C=O) groups is 2. The summed E-state index contributed by atoms with van der Waals surface area (Å²) >= 11 is 0. The summed E-state index contributed by atoms with van der Waals surface area (Å²) in [5, 5.41) is 4.37. The average molecular weight is 330 g/mol. The highest BCUT2D eigenvalue weighted by molar-refractivity contribution is 5.92. The zero-order valence-electron chi connectivity index (χ0n) is 12.8. The first-order valence-electron chi connectivity index (χ1n) is 7.88. The first kappa shape index (κ1) is 14.9. The molecule has 0 amide bonds. The number of cyclic esters (lactones) is 1. The highest BCUT2D eigenvalue weighted by Crippen LogP contribution is 2.29. The molecule has 2 heterocycles. The van der Waals surface area contributed by atoms with Crippen LogP contribution < -0.4 is 0 Å². The van der Waals surface area contributed by atoms with Crippen LogP contribution in [0.15, 0.2) is 24.3 Å². The van der Waals surface area contributed by atoms with Gasteiger partial charge in [-0.25, -0.2) is 18.7 Å². The molecule has 0 spiro atoms. The van der Waals surface area contributed by atoms with Crippen molar-refractivity contribution in [3.05, 3.63) is 47.0 Å². The molecule has 0 unspecified atom stereocenters. The van der Waals surface area contributed by atoms with Crippen LogP contribution >= 0.6 is 0 Å². The molecule has 1 atom stereocenters. The Morgan fingerprint density at radius 1 is 1.29 bits per heavy atom. The Morgan fingerprint density at radius 2 is 2.08 bits per heavy atom. The van der Waals surface area contributed by atoms with Crippen LogP contribution in [0.2, 0.25) is 0 Å². The van der Waals surface area contributed by atoms with E-state index < -0.39 is 18.0 Å². The minimum atomic E-state index is -0.856. The van der Waals surface area contributed by atoms with Gasteiger partial charge in [0, 0.05) is 17.7 Å². The second-order valence-electron chi connectivity index (χ2n) is 5.87. The highest BCUT2D eigenvalue weighted by atomic mass is 19.1. The molecule has 0 N–H and O–H groups in total. The molecule has 4 rings (SSSR count). The number of esters is 2. The van der Waals surface area contributed by atoms with E-state index in [0.717, 1.165) is 30.5 Å². The van der Waals surface area contributed by atoms with Gasteiger partial charge >= 0.3 is 11.9 Å². The van der Waals surface area contributed by atoms with Crippen molar-refractivity contribution < 1.29 is 23.5 Å². The molecule has 7 heteroatoms. The number of aromatic nitrogens is 2. The van der Waals surface area contributed by atoms with Crippen molar-refractivity contribution in [2.75, 3.05) is 6.61 Å². The summed E-state index contributed by atoms with van der Waals surface area (Å²) in [6.45, 7) is 0.263. The predicted molar refractivity (Wildman–Crippen MR) is 80.3 cm³/mol. The van der Waals surface area contributed by atoms with Crippen molar-refractivity contribution in [3.8, 4) is 5.69 Å². The van der Waals surface area contributed by atoms with Gasteiger partial charge in [-0.3, -0.25) is 0 Å². The van der Waals surface area contributed by atoms with Crippen molar-refractivity contribution in [2.24, 2.45) is 0 Å². The lowest BCUT2D eigenvalue weighted by atomic mass is 10.2. The Bertz CT molecular complexity index is 813. The number of hydrogen-bond acceptors (Lipinski definition) is 5. The largest absolute Gasteiger partial charge is 0.463 e. The van der Waals surface area contributed by atoms with E-state index in [1.54, 1.807) is 16.8 Å². The van der Waals surface area contributed by atoms with E-state index in [1.807, 2.05) is 0 Å². The van der Waals surface area contributed by atoms with Crippen molar-refractivity contribution in [1.82, 2.24) is 9.78 Å². The lowest BCUT2D eigenvalue weighted by molar-refractivity contribution is -0.145. The molecule has 0 bridgehead atoms. The maximum atomic E-state index is 13.1. The van der Waals surface area contributed by atoms with Crippen molar-refractivity contribution in [2.45, 2.75) is 31.8 Å². The second-order valence-corrected chi connectivity index (χ2v) is 5.87. The molecular weight excluding hydrogens is 315 g/mol. The monoisotopic (exact) mass is 330 g/mol. The number of hydrogen-bond donors (Lipinski definition) is 0. The second kappa shape index (κ2) is 5.74. The number of rotatable bonds is 3. The fraction of sp³-hybridized carbons (Fsp3) is 0.353. The lowest BCUT2D eigenvalue weighted by Gasteiger charge is -2.07. The first-order valence-corrected chi connectivity index (χ1v) is 7.88. The van der Waals surface area contributed by atoms with Crippen molar-refractivity contribution in [1.29, 1.82) is 0 Å². The van der Waals surface area contributed by atoms with Gasteiger partial charge in [0.25, 0.3) is 0 Å². The summed E-state index contributed by atoms with van der Waals surface area (Å²) < 4.78 is 24.8. The Hall–Kier alpha value is -2.70. The normalized spacial score (nSPS) is 19.2. The van der Waals surface area contributed by atoms with Crippen molar-refractivity contribution in [3.63, 3.8) is 0 Å². The quantitative estimate of drug-likeness (QED) is 0.805. The maximum absolute atomic E-state index is 13.1. The molecule has 1 aromatic carbocycles. The summed E-state index contributed by atoms with van der Waals surface area (Å²) in [5.74, 6) is -1.46. The number of fused-ring (bicyclic) bond motifs is 1. The Balaban J connectivity index is 1.67. The molecule has 124 valence electrons. The lowest BCUT2D eigenvalue weighted by Crippen LogP contribution is -2.23. The summed E-state index contributed by atoms with van der Waals surface area (Å²) in [6.07, 6.45) is 1.95. The first-order chi connectivity index (χ1) is 11.6. The molecule has 6 nitrogen and oxygen atoms in total.